The van der Waals surface area contributed by atoms with E-state index >= 15 is 0 Å². The van der Waals surface area contributed by atoms with Crippen LogP contribution >= 0.6 is 0 Å². The minimum absolute atomic E-state index is 0.794. The van der Waals surface area contributed by atoms with E-state index in [9.17, 15) is 4.79 Å². The molecule has 78 valence electrons. The number of carboxylic acids is 1. The van der Waals surface area contributed by atoms with Gasteiger partial charge < -0.3 is 5.11 Å². The van der Waals surface area contributed by atoms with Crippen molar-refractivity contribution in [1.29, 1.82) is 0 Å². The minimum atomic E-state index is -0.862. The third kappa shape index (κ3) is 1.52. The Labute approximate surface area is 83.5 Å². The van der Waals surface area contributed by atoms with E-state index in [1.165, 1.54) is 0 Å². The van der Waals surface area contributed by atoms with Crippen LogP contribution in [-0.2, 0) is 23.7 Å². The van der Waals surface area contributed by atoms with E-state index in [2.05, 4.69) is 5.10 Å². The Bertz CT molecular complexity index is 353. The van der Waals surface area contributed by atoms with Crippen LogP contribution in [0.4, 0.5) is 0 Å². The van der Waals surface area contributed by atoms with Crippen LogP contribution in [0.5, 0.6) is 0 Å². The van der Waals surface area contributed by atoms with Gasteiger partial charge in [-0.25, -0.2) is 0 Å². The maximum Gasteiger partial charge on any atom is 0.313 e. The molecule has 0 fully saturated rings. The summed E-state index contributed by atoms with van der Waals surface area (Å²) in [5.41, 5.74) is 0.923. The fraction of sp³-hybridized carbons (Fsp3) is 0.600. The number of carboxylic acid groups (broad SMARTS) is 1. The molecule has 4 heteroatoms. The SMILES string of the molecule is CCc1c(C(C)(C)C(=O)O)cnn1C. The number of aromatic nitrogens is 2. The van der Waals surface area contributed by atoms with Crippen molar-refractivity contribution in [2.24, 2.45) is 7.05 Å². The molecule has 0 aliphatic rings. The van der Waals surface area contributed by atoms with Crippen molar-refractivity contribution in [2.75, 3.05) is 0 Å². The van der Waals surface area contributed by atoms with Crippen molar-refractivity contribution in [3.63, 3.8) is 0 Å². The molecule has 0 radical (unpaired) electrons. The lowest BCUT2D eigenvalue weighted by Crippen LogP contribution is -2.29. The summed E-state index contributed by atoms with van der Waals surface area (Å²) in [6.07, 6.45) is 2.44. The second-order valence-corrected chi connectivity index (χ2v) is 3.91. The quantitative estimate of drug-likeness (QED) is 0.793. The summed E-state index contributed by atoms with van der Waals surface area (Å²) in [5, 5.41) is 13.2. The molecule has 0 amide bonds. The molecule has 0 aliphatic carbocycles. The topological polar surface area (TPSA) is 55.1 Å². The summed E-state index contributed by atoms with van der Waals surface area (Å²) in [6, 6.07) is 0. The molecule has 0 spiro atoms. The Hall–Kier alpha value is -1.32. The largest absolute Gasteiger partial charge is 0.481 e. The lowest BCUT2D eigenvalue weighted by atomic mass is 9.84. The first-order valence-corrected chi connectivity index (χ1v) is 4.66. The number of nitrogens with zero attached hydrogens (tertiary/aromatic N) is 2. The molecule has 14 heavy (non-hydrogen) atoms. The fourth-order valence-corrected chi connectivity index (χ4v) is 1.52. The molecule has 0 atom stereocenters. The molecular formula is C10H16N2O2. The van der Waals surface area contributed by atoms with E-state index in [1.54, 1.807) is 24.7 Å². The number of aryl methyl sites for hydroxylation is 1. The van der Waals surface area contributed by atoms with Crippen LogP contribution < -0.4 is 0 Å². The summed E-state index contributed by atoms with van der Waals surface area (Å²) in [7, 11) is 1.83. The number of carbonyl (C=O) groups is 1. The van der Waals surface area contributed by atoms with Gasteiger partial charge in [0.25, 0.3) is 0 Å². The molecule has 0 saturated heterocycles. The number of aliphatic carboxylic acids is 1. The van der Waals surface area contributed by atoms with Gasteiger partial charge in [0.2, 0.25) is 0 Å². The first kappa shape index (κ1) is 10.8. The predicted molar refractivity (Wildman–Crippen MR) is 53.2 cm³/mol. The molecule has 0 unspecified atom stereocenters. The zero-order valence-corrected chi connectivity index (χ0v) is 9.03. The summed E-state index contributed by atoms with van der Waals surface area (Å²) in [6.45, 7) is 5.40. The smallest absolute Gasteiger partial charge is 0.313 e. The highest BCUT2D eigenvalue weighted by molar-refractivity contribution is 5.80. The normalized spacial score (nSPS) is 11.7. The van der Waals surface area contributed by atoms with Crippen molar-refractivity contribution in [2.45, 2.75) is 32.6 Å². The molecule has 1 aromatic rings. The Morgan fingerprint density at radius 1 is 1.64 bits per heavy atom. The van der Waals surface area contributed by atoms with Gasteiger partial charge in [-0.2, -0.15) is 5.10 Å². The lowest BCUT2D eigenvalue weighted by molar-refractivity contribution is -0.142. The van der Waals surface area contributed by atoms with E-state index in [0.717, 1.165) is 17.7 Å². The standard InChI is InChI=1S/C10H16N2O2/c1-5-8-7(6-11-12(8)4)10(2,3)9(13)14/h6H,5H2,1-4H3,(H,13,14). The van der Waals surface area contributed by atoms with Gasteiger partial charge in [-0.3, -0.25) is 9.48 Å². The zero-order chi connectivity index (χ0) is 10.9. The second-order valence-electron chi connectivity index (χ2n) is 3.91. The average molecular weight is 196 g/mol. The zero-order valence-electron chi connectivity index (χ0n) is 9.03. The van der Waals surface area contributed by atoms with Gasteiger partial charge >= 0.3 is 5.97 Å². The minimum Gasteiger partial charge on any atom is -0.481 e. The molecule has 0 aliphatic heterocycles. The molecule has 1 heterocycles. The van der Waals surface area contributed by atoms with Crippen LogP contribution in [0.3, 0.4) is 0 Å². The van der Waals surface area contributed by atoms with Gasteiger partial charge in [-0.1, -0.05) is 6.92 Å². The van der Waals surface area contributed by atoms with Crippen LogP contribution in [-0.4, -0.2) is 20.9 Å². The average Bonchev–Trinajstić information content (AvgIpc) is 2.46. The van der Waals surface area contributed by atoms with Crippen LogP contribution in [0, 0.1) is 0 Å². The second kappa shape index (κ2) is 3.44. The molecule has 0 saturated carbocycles. The van der Waals surface area contributed by atoms with Crippen molar-refractivity contribution in [3.05, 3.63) is 17.5 Å². The van der Waals surface area contributed by atoms with Gasteiger partial charge in [0.05, 0.1) is 11.6 Å². The van der Waals surface area contributed by atoms with Crippen LogP contribution in [0.15, 0.2) is 6.20 Å². The Balaban J connectivity index is 3.25. The summed E-state index contributed by atoms with van der Waals surface area (Å²) >= 11 is 0. The highest BCUT2D eigenvalue weighted by atomic mass is 16.4. The highest BCUT2D eigenvalue weighted by Gasteiger charge is 2.33. The monoisotopic (exact) mass is 196 g/mol. The predicted octanol–water partition coefficient (Wildman–Crippen LogP) is 1.34. The molecule has 1 aromatic heterocycles. The molecule has 1 N–H and O–H groups in total. The molecule has 0 bridgehead atoms. The van der Waals surface area contributed by atoms with Crippen LogP contribution in [0.25, 0.3) is 0 Å². The van der Waals surface area contributed by atoms with E-state index in [4.69, 9.17) is 5.11 Å². The molecule has 4 nitrogen and oxygen atoms in total. The highest BCUT2D eigenvalue weighted by Crippen LogP contribution is 2.26. The summed E-state index contributed by atoms with van der Waals surface area (Å²) < 4.78 is 1.74. The lowest BCUT2D eigenvalue weighted by Gasteiger charge is -2.19. The van der Waals surface area contributed by atoms with Crippen LogP contribution in [0.1, 0.15) is 32.0 Å². The Morgan fingerprint density at radius 2 is 2.21 bits per heavy atom. The fourth-order valence-electron chi connectivity index (χ4n) is 1.52. The van der Waals surface area contributed by atoms with E-state index < -0.39 is 11.4 Å². The molecule has 0 aromatic carbocycles. The van der Waals surface area contributed by atoms with Crippen molar-refractivity contribution in [3.8, 4) is 0 Å². The van der Waals surface area contributed by atoms with Gasteiger partial charge in [0.1, 0.15) is 0 Å². The van der Waals surface area contributed by atoms with E-state index in [-0.39, 0.29) is 0 Å². The molecule has 1 rings (SSSR count). The van der Waals surface area contributed by atoms with Crippen molar-refractivity contribution < 1.29 is 9.90 Å². The number of rotatable bonds is 3. The van der Waals surface area contributed by atoms with Crippen molar-refractivity contribution in [1.82, 2.24) is 9.78 Å². The van der Waals surface area contributed by atoms with Gasteiger partial charge in [-0.05, 0) is 20.3 Å². The maximum absolute atomic E-state index is 11.1. The maximum atomic E-state index is 11.1. The van der Waals surface area contributed by atoms with Crippen molar-refractivity contribution >= 4 is 5.97 Å². The Morgan fingerprint density at radius 3 is 2.64 bits per heavy atom. The number of hydrogen-bond acceptors (Lipinski definition) is 2. The first-order chi connectivity index (χ1) is 6.41. The van der Waals surface area contributed by atoms with Gasteiger partial charge in [0, 0.05) is 18.3 Å². The number of hydrogen-bond donors (Lipinski definition) is 1. The first-order valence-electron chi connectivity index (χ1n) is 4.66. The van der Waals surface area contributed by atoms with E-state index in [1.807, 2.05) is 14.0 Å². The third-order valence-corrected chi connectivity index (χ3v) is 2.60. The summed E-state index contributed by atoms with van der Waals surface area (Å²) in [4.78, 5) is 11.1. The molecular weight excluding hydrogens is 180 g/mol. The summed E-state index contributed by atoms with van der Waals surface area (Å²) in [5.74, 6) is -0.819. The third-order valence-electron chi connectivity index (χ3n) is 2.60. The van der Waals surface area contributed by atoms with Crippen LogP contribution in [0.2, 0.25) is 0 Å². The van der Waals surface area contributed by atoms with E-state index in [0.29, 0.717) is 0 Å². The Kier molecular flexibility index (Phi) is 2.64. The van der Waals surface area contributed by atoms with Gasteiger partial charge in [-0.15, -0.1) is 0 Å². The van der Waals surface area contributed by atoms with Gasteiger partial charge in [0.15, 0.2) is 0 Å².